The Hall–Kier alpha value is -8.03. The molecular weight excluding hydrogens is 850 g/mol. The number of ether oxygens (including phenoxy) is 2. The van der Waals surface area contributed by atoms with Crippen molar-refractivity contribution in [2.75, 3.05) is 9.80 Å². The molecule has 69 heavy (non-hydrogen) atoms. The molecule has 0 fully saturated rings. The molecule has 11 aromatic rings. The second-order valence-electron chi connectivity index (χ2n) is 21.2. The molecule has 7 heterocycles. The molecule has 0 atom stereocenters. The van der Waals surface area contributed by atoms with Gasteiger partial charge in [0.25, 0.3) is 0 Å². The van der Waals surface area contributed by atoms with Crippen LogP contribution in [-0.2, 0) is 10.8 Å². The lowest BCUT2D eigenvalue weighted by molar-refractivity contribution is 0.485. The highest BCUT2D eigenvalue weighted by molar-refractivity contribution is 6.99. The third kappa shape index (κ3) is 5.36. The third-order valence-corrected chi connectivity index (χ3v) is 15.1. The van der Waals surface area contributed by atoms with Crippen molar-refractivity contribution in [3.8, 4) is 23.0 Å². The van der Waals surface area contributed by atoms with Gasteiger partial charge in [0.1, 0.15) is 45.3 Å². The summed E-state index contributed by atoms with van der Waals surface area (Å²) >= 11 is 0. The largest absolute Gasteiger partial charge is 0.468 e. The maximum Gasteiger partial charge on any atom is 0.301 e. The lowest BCUT2D eigenvalue weighted by Gasteiger charge is -2.37. The summed E-state index contributed by atoms with van der Waals surface area (Å²) in [6.45, 7) is 13.0. The lowest BCUT2D eigenvalue weighted by atomic mass is 9.36. The number of benzene rings is 8. The van der Waals surface area contributed by atoms with E-state index in [2.05, 4.69) is 197 Å². The molecule has 0 saturated carbocycles. The van der Waals surface area contributed by atoms with Crippen molar-refractivity contribution < 1.29 is 22.7 Å². The molecular formula is C60H44B2N2O5. The monoisotopic (exact) mass is 894 g/mol. The van der Waals surface area contributed by atoms with E-state index in [4.69, 9.17) is 22.7 Å². The van der Waals surface area contributed by atoms with E-state index in [9.17, 15) is 0 Å². The summed E-state index contributed by atoms with van der Waals surface area (Å²) in [5.74, 6) is 3.11. The Morgan fingerprint density at radius 3 is 1.22 bits per heavy atom. The molecule has 0 N–H and O–H groups in total. The first-order valence-electron chi connectivity index (χ1n) is 24.0. The fraction of sp³-hybridized carbons (Fsp3) is 0.133. The predicted octanol–water partition coefficient (Wildman–Crippen LogP) is 12.5. The molecule has 0 bridgehead atoms. The first-order chi connectivity index (χ1) is 33.5. The van der Waals surface area contributed by atoms with Crippen molar-refractivity contribution in [3.63, 3.8) is 0 Å². The quantitative estimate of drug-likeness (QED) is 0.160. The van der Waals surface area contributed by atoms with E-state index >= 15 is 0 Å². The second kappa shape index (κ2) is 13.4. The highest BCUT2D eigenvalue weighted by Gasteiger charge is 2.48. The number of hydrogen-bond donors (Lipinski definition) is 0. The zero-order valence-electron chi connectivity index (χ0n) is 39.1. The van der Waals surface area contributed by atoms with Crippen LogP contribution in [0.5, 0.6) is 23.0 Å². The first kappa shape index (κ1) is 39.0. The number of rotatable bonds is 2. The summed E-state index contributed by atoms with van der Waals surface area (Å²) in [5, 5.41) is 4.12. The van der Waals surface area contributed by atoms with Crippen LogP contribution in [0.3, 0.4) is 0 Å². The number of para-hydroxylation sites is 2. The smallest absolute Gasteiger partial charge is 0.301 e. The van der Waals surface area contributed by atoms with Gasteiger partial charge < -0.3 is 32.5 Å². The molecule has 4 aliphatic rings. The summed E-state index contributed by atoms with van der Waals surface area (Å²) in [6, 6.07) is 56.1. The van der Waals surface area contributed by atoms with Gasteiger partial charge in [-0.2, -0.15) is 0 Å². The molecule has 15 rings (SSSR count). The van der Waals surface area contributed by atoms with Crippen molar-refractivity contribution in [1.29, 1.82) is 0 Å². The molecule has 3 aromatic heterocycles. The fourth-order valence-corrected chi connectivity index (χ4v) is 11.8. The normalized spacial score (nSPS) is 14.3. The van der Waals surface area contributed by atoms with Crippen LogP contribution < -0.4 is 52.4 Å². The van der Waals surface area contributed by atoms with Crippen LogP contribution in [0.15, 0.2) is 171 Å². The molecule has 0 unspecified atom stereocenters. The zero-order chi connectivity index (χ0) is 46.2. The second-order valence-corrected chi connectivity index (χ2v) is 21.2. The minimum atomic E-state index is -0.239. The van der Waals surface area contributed by atoms with Crippen molar-refractivity contribution in [2.45, 2.75) is 52.4 Å². The molecule has 0 radical (unpaired) electrons. The first-order valence-corrected chi connectivity index (χ1v) is 24.0. The van der Waals surface area contributed by atoms with Crippen molar-refractivity contribution in [1.82, 2.24) is 0 Å². The van der Waals surface area contributed by atoms with E-state index in [1.54, 1.807) is 0 Å². The van der Waals surface area contributed by atoms with Crippen LogP contribution in [0.2, 0.25) is 0 Å². The topological polar surface area (TPSA) is 64.4 Å². The molecule has 4 aliphatic heterocycles. The van der Waals surface area contributed by atoms with Crippen molar-refractivity contribution in [3.05, 3.63) is 169 Å². The molecule has 7 nitrogen and oxygen atoms in total. The molecule has 0 spiro atoms. The summed E-state index contributed by atoms with van der Waals surface area (Å²) in [6.07, 6.45) is 0. The van der Waals surface area contributed by atoms with Crippen LogP contribution in [0.1, 0.15) is 52.7 Å². The molecule has 8 aromatic carbocycles. The van der Waals surface area contributed by atoms with E-state index in [1.165, 1.54) is 11.1 Å². The highest BCUT2D eigenvalue weighted by atomic mass is 16.5. The lowest BCUT2D eigenvalue weighted by Crippen LogP contribution is -2.59. The van der Waals surface area contributed by atoms with Gasteiger partial charge in [0.15, 0.2) is 0 Å². The molecule has 9 heteroatoms. The van der Waals surface area contributed by atoms with Gasteiger partial charge in [-0.15, -0.1) is 0 Å². The van der Waals surface area contributed by atoms with Crippen molar-refractivity contribution in [2.24, 2.45) is 0 Å². The maximum absolute atomic E-state index is 7.03. The number of fused-ring (bicyclic) bond motifs is 15. The van der Waals surface area contributed by atoms with E-state index in [1.807, 2.05) is 12.1 Å². The van der Waals surface area contributed by atoms with Crippen LogP contribution in [0.25, 0.3) is 43.9 Å². The summed E-state index contributed by atoms with van der Waals surface area (Å²) in [5.41, 5.74) is 18.2. The van der Waals surface area contributed by atoms with Gasteiger partial charge in [-0.05, 0) is 106 Å². The number of furan rings is 3. The van der Waals surface area contributed by atoms with Crippen molar-refractivity contribution >= 4 is 125 Å². The summed E-state index contributed by atoms with van der Waals surface area (Å²) < 4.78 is 34.7. The Morgan fingerprint density at radius 2 is 0.797 bits per heavy atom. The van der Waals surface area contributed by atoms with Crippen LogP contribution in [0.4, 0.5) is 34.1 Å². The van der Waals surface area contributed by atoms with Gasteiger partial charge in [0, 0.05) is 67.4 Å². The Bertz CT molecular complexity index is 3760. The molecule has 0 amide bonds. The zero-order valence-corrected chi connectivity index (χ0v) is 39.1. The van der Waals surface area contributed by atoms with Gasteiger partial charge in [0.05, 0.1) is 22.7 Å². The Labute approximate surface area is 399 Å². The summed E-state index contributed by atoms with van der Waals surface area (Å²) in [7, 11) is 0. The fourth-order valence-electron chi connectivity index (χ4n) is 11.8. The average molecular weight is 895 g/mol. The third-order valence-electron chi connectivity index (χ3n) is 15.1. The standard InChI is InChI=1S/C60H44B2N2O5/c1-59(2,3)33-21-25-35(26-22-33)63-43-15-11-19-47-53(43)61(57-55(63)37-13-7-9-17-45(37)68-57)41-29-39-40-30-42-52(32-50(40)67-49(39)31-51(41)65-47)66-48-20-12-16-44-54(48)62(42)58-56(38-14-8-10-18-46(38)69-58)64(44)36-27-23-34(24-28-36)60(4,5)6/h7-32H,1-6H3. The van der Waals surface area contributed by atoms with Crippen LogP contribution in [0, 0.1) is 0 Å². The number of anilines is 6. The van der Waals surface area contributed by atoms with E-state index < -0.39 is 0 Å². The molecule has 0 aliphatic carbocycles. The maximum atomic E-state index is 7.03. The SMILES string of the molecule is CC(C)(C)c1ccc(N2c3cccc4c3B(c3cc5c(cc3O4)oc3cc4c(cc35)B3c5oc6ccccc6c5N(c5ccc(C(C)(C)C)cc5)c5cccc(c53)O4)c3oc4ccccc4c32)cc1. The summed E-state index contributed by atoms with van der Waals surface area (Å²) in [4.78, 5) is 4.72. The van der Waals surface area contributed by atoms with Gasteiger partial charge in [-0.3, -0.25) is 0 Å². The van der Waals surface area contributed by atoms with Crippen LogP contribution >= 0.6 is 0 Å². The minimum absolute atomic E-state index is 0.0260. The van der Waals surface area contributed by atoms with Crippen LogP contribution in [-0.4, -0.2) is 13.4 Å². The average Bonchev–Trinajstić information content (AvgIpc) is 4.03. The van der Waals surface area contributed by atoms with E-state index in [-0.39, 0.29) is 24.3 Å². The Balaban J connectivity index is 0.923. The number of nitrogens with zero attached hydrogens (tertiary/aromatic N) is 2. The van der Waals surface area contributed by atoms with Gasteiger partial charge in [-0.1, -0.05) is 114 Å². The van der Waals surface area contributed by atoms with E-state index in [0.717, 1.165) is 134 Å². The minimum Gasteiger partial charge on any atom is -0.468 e. The predicted molar refractivity (Wildman–Crippen MR) is 282 cm³/mol. The highest BCUT2D eigenvalue weighted by Crippen LogP contribution is 2.48. The van der Waals surface area contributed by atoms with Gasteiger partial charge >= 0.3 is 13.4 Å². The number of hydrogen-bond acceptors (Lipinski definition) is 7. The molecule has 330 valence electrons. The molecule has 0 saturated heterocycles. The van der Waals surface area contributed by atoms with Gasteiger partial charge in [0.2, 0.25) is 0 Å². The Kier molecular flexibility index (Phi) is 7.55. The van der Waals surface area contributed by atoms with Gasteiger partial charge in [-0.25, -0.2) is 0 Å². The Morgan fingerprint density at radius 1 is 0.377 bits per heavy atom. The van der Waals surface area contributed by atoms with E-state index in [0.29, 0.717) is 0 Å².